The Hall–Kier alpha value is -0.510. The fourth-order valence-electron chi connectivity index (χ4n) is 0. The van der Waals surface area contributed by atoms with Gasteiger partial charge >= 0.3 is 0 Å². The summed E-state index contributed by atoms with van der Waals surface area (Å²) in [6, 6.07) is 1.58. The summed E-state index contributed by atoms with van der Waals surface area (Å²) in [5.41, 5.74) is 0. The first-order valence-corrected chi connectivity index (χ1v) is 1.18. The predicted octanol–water partition coefficient (Wildman–Crippen LogP) is 0.548. The zero-order chi connectivity index (χ0) is 4.28. The van der Waals surface area contributed by atoms with Crippen molar-refractivity contribution in [3.05, 3.63) is 13.8 Å². The van der Waals surface area contributed by atoms with Crippen LogP contribution in [0.4, 0.5) is 0 Å². The largest absolute Gasteiger partial charge is 0.198 e. The van der Waals surface area contributed by atoms with E-state index in [1.807, 2.05) is 0 Å². The second-order valence-corrected chi connectivity index (χ2v) is 0.655. The molecule has 0 aromatic heterocycles. The molecule has 24 valence electrons. The molecule has 0 aromatic carbocycles. The highest BCUT2D eigenvalue weighted by Gasteiger charge is 1.80. The van der Waals surface area contributed by atoms with E-state index in [9.17, 15) is 0 Å². The summed E-state index contributed by atoms with van der Waals surface area (Å²) in [7, 11) is 0. The summed E-state index contributed by atoms with van der Waals surface area (Å²) >= 11 is 0. The van der Waals surface area contributed by atoms with Crippen LogP contribution in [-0.4, -0.2) is 0 Å². The minimum atomic E-state index is -0.810. The maximum atomic E-state index is 7.64. The van der Waals surface area contributed by atoms with Gasteiger partial charge in [0, 0.05) is 0 Å². The molecule has 0 saturated heterocycles. The molecule has 0 bridgehead atoms. The molecule has 0 atom stereocenters. The Labute approximate surface area is 32.2 Å². The molecule has 0 aliphatic carbocycles. The van der Waals surface area contributed by atoms with Crippen molar-refractivity contribution < 1.29 is 0 Å². The van der Waals surface area contributed by atoms with Crippen molar-refractivity contribution >= 4 is 0 Å². The minimum absolute atomic E-state index is 0.810. The van der Waals surface area contributed by atoms with Crippen molar-refractivity contribution in [3.63, 3.8) is 0 Å². The van der Waals surface area contributed by atoms with Crippen LogP contribution in [0.15, 0.2) is 0 Å². The molecule has 0 N–H and O–H groups in total. The monoisotopic (exact) mass is 65.0 g/mol. The van der Waals surface area contributed by atoms with E-state index in [1.54, 1.807) is 6.07 Å². The highest BCUT2D eigenvalue weighted by molar-refractivity contribution is 4.85. The van der Waals surface area contributed by atoms with Crippen molar-refractivity contribution in [1.82, 2.24) is 0 Å². The van der Waals surface area contributed by atoms with Gasteiger partial charge in [-0.05, 0) is 13.8 Å². The Morgan fingerprint density at radius 3 is 1.80 bits per heavy atom. The third-order valence-electron chi connectivity index (χ3n) is 0.149. The Balaban J connectivity index is 2.94. The van der Waals surface area contributed by atoms with Crippen LogP contribution in [0, 0.1) is 31.1 Å². The Bertz CT molecular complexity index is 49.2. The van der Waals surface area contributed by atoms with E-state index < -0.39 is 5.92 Å². The summed E-state index contributed by atoms with van der Waals surface area (Å²) in [4.78, 5) is 0. The van der Waals surface area contributed by atoms with Crippen molar-refractivity contribution in [2.24, 2.45) is 5.92 Å². The minimum Gasteiger partial charge on any atom is -0.198 e. The van der Waals surface area contributed by atoms with Crippen LogP contribution in [0.5, 0.6) is 0 Å². The molecule has 0 saturated carbocycles. The number of hydrogen-bond donors (Lipinski definition) is 0. The van der Waals surface area contributed by atoms with Gasteiger partial charge in [-0.3, -0.25) is 0 Å². The second-order valence-electron chi connectivity index (χ2n) is 0.655. The van der Waals surface area contributed by atoms with Gasteiger partial charge in [-0.2, -0.15) is 5.26 Å². The Kier molecular flexibility index (Phi) is 1.60. The molecular weight excluding hydrogens is 62.1 g/mol. The standard InChI is InChI=1S/C4H3N/c1-4(2)3-5/h1-2,4H. The third-order valence-corrected chi connectivity index (χ3v) is 0.149. The fourth-order valence-corrected chi connectivity index (χ4v) is 0. The number of rotatable bonds is 0. The van der Waals surface area contributed by atoms with E-state index in [0.717, 1.165) is 0 Å². The molecule has 0 aromatic rings. The first kappa shape index (κ1) is 4.49. The van der Waals surface area contributed by atoms with Gasteiger partial charge < -0.3 is 0 Å². The van der Waals surface area contributed by atoms with Gasteiger partial charge in [0.2, 0.25) is 0 Å². The molecule has 0 fully saturated rings. The summed E-state index contributed by atoms with van der Waals surface area (Å²) < 4.78 is 0. The average molecular weight is 65.1 g/mol. The molecule has 0 amide bonds. The average Bonchev–Trinajstić information content (AvgIpc) is 1.38. The lowest BCUT2D eigenvalue weighted by atomic mass is 10.3. The van der Waals surface area contributed by atoms with Gasteiger partial charge in [0.1, 0.15) is 0 Å². The van der Waals surface area contributed by atoms with E-state index in [4.69, 9.17) is 19.1 Å². The van der Waals surface area contributed by atoms with Crippen molar-refractivity contribution in [3.8, 4) is 6.07 Å². The quantitative estimate of drug-likeness (QED) is 0.404. The second kappa shape index (κ2) is 1.78. The molecule has 0 rings (SSSR count). The zero-order valence-corrected chi connectivity index (χ0v) is 2.68. The highest BCUT2D eigenvalue weighted by Crippen LogP contribution is 1.79. The van der Waals surface area contributed by atoms with Crippen LogP contribution in [0.3, 0.4) is 0 Å². The van der Waals surface area contributed by atoms with Gasteiger partial charge in [0.15, 0.2) is 0 Å². The summed E-state index contributed by atoms with van der Waals surface area (Å²) in [6.45, 7) is 9.42. The van der Waals surface area contributed by atoms with Crippen LogP contribution >= 0.6 is 0 Å². The van der Waals surface area contributed by atoms with E-state index in [0.29, 0.717) is 0 Å². The van der Waals surface area contributed by atoms with Gasteiger partial charge in [-0.15, -0.1) is 0 Å². The molecular formula is C4H3N. The molecule has 0 aliphatic heterocycles. The molecule has 1 nitrogen and oxygen atoms in total. The lowest BCUT2D eigenvalue weighted by molar-refractivity contribution is 1.08. The Morgan fingerprint density at radius 2 is 1.80 bits per heavy atom. The SMILES string of the molecule is [CH]C([CH])C#N. The first-order valence-electron chi connectivity index (χ1n) is 1.18. The summed E-state index contributed by atoms with van der Waals surface area (Å²) in [5, 5.41) is 7.64. The summed E-state index contributed by atoms with van der Waals surface area (Å²) in [5.74, 6) is -0.810. The normalized spacial score (nSPS) is 7.60. The number of hydrogen-bond acceptors (Lipinski definition) is 1. The van der Waals surface area contributed by atoms with Crippen molar-refractivity contribution in [2.45, 2.75) is 0 Å². The van der Waals surface area contributed by atoms with Gasteiger partial charge in [0.05, 0.1) is 12.0 Å². The first-order chi connectivity index (χ1) is 2.27. The van der Waals surface area contributed by atoms with Gasteiger partial charge in [-0.25, -0.2) is 0 Å². The zero-order valence-electron chi connectivity index (χ0n) is 2.68. The predicted molar refractivity (Wildman–Crippen MR) is 17.7 cm³/mol. The number of nitriles is 1. The smallest absolute Gasteiger partial charge is 0.0662 e. The van der Waals surface area contributed by atoms with Crippen LogP contribution < -0.4 is 0 Å². The van der Waals surface area contributed by atoms with Crippen LogP contribution in [-0.2, 0) is 0 Å². The lowest BCUT2D eigenvalue weighted by Crippen LogP contribution is -1.74. The molecule has 0 aliphatic rings. The number of nitrogens with zero attached hydrogens (tertiary/aromatic N) is 1. The Morgan fingerprint density at radius 1 is 1.60 bits per heavy atom. The molecule has 5 heavy (non-hydrogen) atoms. The van der Waals surface area contributed by atoms with Crippen LogP contribution in [0.2, 0.25) is 0 Å². The van der Waals surface area contributed by atoms with Crippen molar-refractivity contribution in [2.75, 3.05) is 0 Å². The molecule has 4 radical (unpaired) electrons. The van der Waals surface area contributed by atoms with E-state index >= 15 is 0 Å². The molecule has 0 heterocycles. The third kappa shape index (κ3) is 3.49. The maximum absolute atomic E-state index is 7.64. The van der Waals surface area contributed by atoms with E-state index in [-0.39, 0.29) is 0 Å². The maximum Gasteiger partial charge on any atom is 0.0662 e. The van der Waals surface area contributed by atoms with Crippen LogP contribution in [0.1, 0.15) is 0 Å². The van der Waals surface area contributed by atoms with Gasteiger partial charge in [0.25, 0.3) is 0 Å². The van der Waals surface area contributed by atoms with E-state index in [1.165, 1.54) is 0 Å². The van der Waals surface area contributed by atoms with Crippen molar-refractivity contribution in [1.29, 1.82) is 5.26 Å². The molecule has 0 unspecified atom stereocenters. The fraction of sp³-hybridized carbons (Fsp3) is 0.250. The van der Waals surface area contributed by atoms with Gasteiger partial charge in [-0.1, -0.05) is 0 Å². The highest BCUT2D eigenvalue weighted by atomic mass is 14.2. The van der Waals surface area contributed by atoms with E-state index in [2.05, 4.69) is 0 Å². The van der Waals surface area contributed by atoms with Crippen LogP contribution in [0.25, 0.3) is 0 Å². The topological polar surface area (TPSA) is 23.8 Å². The molecule has 1 heteroatoms. The molecule has 0 spiro atoms. The summed E-state index contributed by atoms with van der Waals surface area (Å²) in [6.07, 6.45) is 0. The lowest BCUT2D eigenvalue weighted by Gasteiger charge is -1.74.